The van der Waals surface area contributed by atoms with Gasteiger partial charge in [-0.25, -0.2) is 4.79 Å². The molecule has 0 aromatic heterocycles. The fraction of sp³-hybridized carbons (Fsp3) is 0.533. The number of nitrogens with one attached hydrogen (secondary N) is 2. The van der Waals surface area contributed by atoms with Crippen molar-refractivity contribution in [1.29, 1.82) is 0 Å². The lowest BCUT2D eigenvalue weighted by atomic mass is 10.1. The van der Waals surface area contributed by atoms with Gasteiger partial charge in [0.1, 0.15) is 0 Å². The van der Waals surface area contributed by atoms with Gasteiger partial charge in [0, 0.05) is 11.6 Å². The molecule has 20 heavy (non-hydrogen) atoms. The summed E-state index contributed by atoms with van der Waals surface area (Å²) in [5.74, 6) is 0.238. The zero-order chi connectivity index (χ0) is 15.1. The van der Waals surface area contributed by atoms with Crippen molar-refractivity contribution < 1.29 is 9.90 Å². The van der Waals surface area contributed by atoms with E-state index in [1.54, 1.807) is 13.0 Å². The van der Waals surface area contributed by atoms with Crippen LogP contribution in [0.2, 0.25) is 5.02 Å². The molecule has 0 saturated carbocycles. The van der Waals surface area contributed by atoms with Crippen LogP contribution in [-0.2, 0) is 0 Å². The molecule has 3 N–H and O–H groups in total. The first kappa shape index (κ1) is 16.8. The molecule has 0 fully saturated rings. The first-order chi connectivity index (χ1) is 9.38. The molecule has 0 aliphatic rings. The maximum Gasteiger partial charge on any atom is 0.315 e. The fourth-order valence-corrected chi connectivity index (χ4v) is 2.24. The number of hydrogen-bond acceptors (Lipinski definition) is 2. The predicted octanol–water partition coefficient (Wildman–Crippen LogP) is 3.11. The molecule has 3 atom stereocenters. The Hall–Kier alpha value is -1.26. The van der Waals surface area contributed by atoms with Gasteiger partial charge in [0.25, 0.3) is 0 Å². The number of hydrogen-bond donors (Lipinski definition) is 3. The maximum absolute atomic E-state index is 11.8. The van der Waals surface area contributed by atoms with E-state index in [2.05, 4.69) is 10.6 Å². The molecule has 0 spiro atoms. The number of urea groups is 1. The van der Waals surface area contributed by atoms with Gasteiger partial charge in [-0.1, -0.05) is 30.7 Å². The van der Waals surface area contributed by atoms with Crippen LogP contribution in [0.4, 0.5) is 4.79 Å². The molecule has 0 aliphatic heterocycles. The third-order valence-corrected chi connectivity index (χ3v) is 3.29. The van der Waals surface area contributed by atoms with E-state index in [9.17, 15) is 9.90 Å². The Labute approximate surface area is 125 Å². The van der Waals surface area contributed by atoms with E-state index >= 15 is 0 Å². The summed E-state index contributed by atoms with van der Waals surface area (Å²) in [7, 11) is 0. The van der Waals surface area contributed by atoms with Crippen LogP contribution in [0, 0.1) is 5.92 Å². The molecule has 112 valence electrons. The lowest BCUT2D eigenvalue weighted by Crippen LogP contribution is -2.39. The minimum absolute atomic E-state index is 0.110. The van der Waals surface area contributed by atoms with E-state index in [0.717, 1.165) is 5.56 Å². The van der Waals surface area contributed by atoms with Crippen molar-refractivity contribution in [3.05, 3.63) is 34.9 Å². The number of aliphatic hydroxyl groups is 1. The normalized spacial score (nSPS) is 15.2. The molecule has 0 bridgehead atoms. The van der Waals surface area contributed by atoms with Crippen molar-refractivity contribution in [3.8, 4) is 0 Å². The summed E-state index contributed by atoms with van der Waals surface area (Å²) in [5, 5.41) is 15.6. The Kier molecular flexibility index (Phi) is 6.82. The maximum atomic E-state index is 11.8. The van der Waals surface area contributed by atoms with Gasteiger partial charge in [0.05, 0.1) is 12.1 Å². The average Bonchev–Trinajstić information content (AvgIpc) is 2.35. The van der Waals surface area contributed by atoms with Crippen molar-refractivity contribution in [1.82, 2.24) is 10.6 Å². The van der Waals surface area contributed by atoms with Gasteiger partial charge >= 0.3 is 6.03 Å². The van der Waals surface area contributed by atoms with Crippen LogP contribution < -0.4 is 10.6 Å². The van der Waals surface area contributed by atoms with Crippen molar-refractivity contribution in [2.75, 3.05) is 6.54 Å². The fourth-order valence-electron chi connectivity index (χ4n) is 2.04. The molecule has 2 amide bonds. The lowest BCUT2D eigenvalue weighted by molar-refractivity contribution is 0.163. The van der Waals surface area contributed by atoms with Crippen molar-refractivity contribution in [3.63, 3.8) is 0 Å². The monoisotopic (exact) mass is 298 g/mol. The number of aliphatic hydroxyl groups excluding tert-OH is 1. The molecule has 5 heteroatoms. The number of rotatable bonds is 6. The second kappa shape index (κ2) is 8.12. The number of amides is 2. The summed E-state index contributed by atoms with van der Waals surface area (Å²) in [5.41, 5.74) is 0.963. The van der Waals surface area contributed by atoms with Crippen LogP contribution >= 0.6 is 11.6 Å². The quantitative estimate of drug-likeness (QED) is 0.756. The van der Waals surface area contributed by atoms with E-state index in [-0.39, 0.29) is 24.1 Å². The third-order valence-electron chi connectivity index (χ3n) is 3.05. The first-order valence-corrected chi connectivity index (χ1v) is 7.24. The zero-order valence-electron chi connectivity index (χ0n) is 12.2. The van der Waals surface area contributed by atoms with Crippen molar-refractivity contribution in [2.45, 2.75) is 39.3 Å². The van der Waals surface area contributed by atoms with Crippen LogP contribution in [0.3, 0.4) is 0 Å². The summed E-state index contributed by atoms with van der Waals surface area (Å²) in [4.78, 5) is 11.8. The molecule has 4 nitrogen and oxygen atoms in total. The predicted molar refractivity (Wildman–Crippen MR) is 81.9 cm³/mol. The molecular formula is C15H23ClN2O2. The van der Waals surface area contributed by atoms with Crippen LogP contribution in [0.15, 0.2) is 24.3 Å². The lowest BCUT2D eigenvalue weighted by Gasteiger charge is -2.18. The third kappa shape index (κ3) is 6.26. The molecule has 1 rings (SSSR count). The second-order valence-electron chi connectivity index (χ2n) is 5.32. The summed E-state index contributed by atoms with van der Waals surface area (Å²) < 4.78 is 0. The molecule has 3 unspecified atom stereocenters. The summed E-state index contributed by atoms with van der Waals surface area (Å²) in [6, 6.07) is 7.10. The standard InChI is InChI=1S/C15H23ClN2O2/c1-10(7-11(2)19)9-17-15(20)18-12(3)13-5-4-6-14(16)8-13/h4-6,8,10-12,19H,7,9H2,1-3H3,(H2,17,18,20). The van der Waals surface area contributed by atoms with Gasteiger partial charge < -0.3 is 15.7 Å². The van der Waals surface area contributed by atoms with Crippen LogP contribution in [0.5, 0.6) is 0 Å². The highest BCUT2D eigenvalue weighted by Crippen LogP contribution is 2.17. The van der Waals surface area contributed by atoms with Crippen LogP contribution in [-0.4, -0.2) is 23.8 Å². The molecule has 0 aliphatic carbocycles. The van der Waals surface area contributed by atoms with Crippen LogP contribution in [0.25, 0.3) is 0 Å². The summed E-state index contributed by atoms with van der Waals surface area (Å²) >= 11 is 5.92. The smallest absolute Gasteiger partial charge is 0.315 e. The van der Waals surface area contributed by atoms with Gasteiger partial charge in [-0.05, 0) is 43.9 Å². The average molecular weight is 299 g/mol. The Morgan fingerprint density at radius 1 is 1.35 bits per heavy atom. The molecular weight excluding hydrogens is 276 g/mol. The highest BCUT2D eigenvalue weighted by Gasteiger charge is 2.11. The topological polar surface area (TPSA) is 61.4 Å². The number of halogens is 1. The van der Waals surface area contributed by atoms with E-state index in [1.165, 1.54) is 0 Å². The Balaban J connectivity index is 2.38. The van der Waals surface area contributed by atoms with E-state index in [0.29, 0.717) is 18.0 Å². The minimum atomic E-state index is -0.347. The summed E-state index contributed by atoms with van der Waals surface area (Å²) in [6.45, 7) is 6.19. The van der Waals surface area contributed by atoms with Crippen LogP contribution in [0.1, 0.15) is 38.8 Å². The summed E-state index contributed by atoms with van der Waals surface area (Å²) in [6.07, 6.45) is 0.324. The van der Waals surface area contributed by atoms with E-state index < -0.39 is 0 Å². The molecule has 0 radical (unpaired) electrons. The molecule has 1 aromatic rings. The molecule has 1 aromatic carbocycles. The van der Waals surface area contributed by atoms with Gasteiger partial charge in [-0.15, -0.1) is 0 Å². The largest absolute Gasteiger partial charge is 0.393 e. The number of carbonyl (C=O) groups excluding carboxylic acids is 1. The van der Waals surface area contributed by atoms with Gasteiger partial charge in [-0.3, -0.25) is 0 Å². The second-order valence-corrected chi connectivity index (χ2v) is 5.76. The van der Waals surface area contributed by atoms with E-state index in [1.807, 2.05) is 32.0 Å². The molecule has 0 heterocycles. The van der Waals surface area contributed by atoms with Crippen molar-refractivity contribution in [2.24, 2.45) is 5.92 Å². The number of carbonyl (C=O) groups is 1. The zero-order valence-corrected chi connectivity index (χ0v) is 12.9. The Morgan fingerprint density at radius 2 is 2.05 bits per heavy atom. The van der Waals surface area contributed by atoms with Gasteiger partial charge in [-0.2, -0.15) is 0 Å². The Bertz CT molecular complexity index is 438. The number of benzene rings is 1. The van der Waals surface area contributed by atoms with Gasteiger partial charge in [0.15, 0.2) is 0 Å². The highest BCUT2D eigenvalue weighted by molar-refractivity contribution is 6.30. The first-order valence-electron chi connectivity index (χ1n) is 6.86. The SMILES string of the molecule is CC(O)CC(C)CNC(=O)NC(C)c1cccc(Cl)c1. The van der Waals surface area contributed by atoms with Crippen molar-refractivity contribution >= 4 is 17.6 Å². The molecule has 0 saturated heterocycles. The van der Waals surface area contributed by atoms with E-state index in [4.69, 9.17) is 11.6 Å². The van der Waals surface area contributed by atoms with Gasteiger partial charge in [0.2, 0.25) is 0 Å². The minimum Gasteiger partial charge on any atom is -0.393 e. The highest BCUT2D eigenvalue weighted by atomic mass is 35.5. The Morgan fingerprint density at radius 3 is 2.65 bits per heavy atom.